The van der Waals surface area contributed by atoms with Crippen LogP contribution in [-0.2, 0) is 4.79 Å². The van der Waals surface area contributed by atoms with E-state index in [1.165, 1.54) is 0 Å². The third-order valence-electron chi connectivity index (χ3n) is 2.64. The van der Waals surface area contributed by atoms with Crippen molar-refractivity contribution in [3.05, 3.63) is 59.1 Å². The first-order valence-electron chi connectivity index (χ1n) is 6.13. The van der Waals surface area contributed by atoms with Crippen LogP contribution in [0.2, 0.25) is 5.02 Å². The first-order valence-corrected chi connectivity index (χ1v) is 6.92. The quantitative estimate of drug-likeness (QED) is 0.831. The number of hydrogen-bond donors (Lipinski definition) is 2. The molecule has 0 aliphatic heterocycles. The van der Waals surface area contributed by atoms with Gasteiger partial charge in [-0.25, -0.2) is 0 Å². The van der Waals surface area contributed by atoms with Gasteiger partial charge in [-0.05, 0) is 24.3 Å². The molecule has 0 saturated carbocycles. The molecule has 3 N–H and O–H groups in total. The first kappa shape index (κ1) is 15.3. The first-order chi connectivity index (χ1) is 10.1. The highest BCUT2D eigenvalue weighted by Crippen LogP contribution is 2.20. The Labute approximate surface area is 132 Å². The minimum Gasteiger partial charge on any atom is -0.484 e. The number of nitrogens with one attached hydrogen (secondary N) is 1. The number of ether oxygens (including phenoxy) is 1. The molecule has 6 heteroatoms. The van der Waals surface area contributed by atoms with Gasteiger partial charge in [0.2, 0.25) is 0 Å². The van der Waals surface area contributed by atoms with E-state index in [0.29, 0.717) is 22.0 Å². The Balaban J connectivity index is 1.94. The Morgan fingerprint density at radius 3 is 2.71 bits per heavy atom. The second-order valence-electron chi connectivity index (χ2n) is 4.21. The van der Waals surface area contributed by atoms with E-state index in [2.05, 4.69) is 5.32 Å². The molecule has 0 aliphatic rings. The number of rotatable bonds is 5. The van der Waals surface area contributed by atoms with Crippen LogP contribution in [0.4, 0.5) is 5.69 Å². The number of anilines is 1. The predicted molar refractivity (Wildman–Crippen MR) is 87.9 cm³/mol. The number of benzene rings is 2. The van der Waals surface area contributed by atoms with Gasteiger partial charge in [0.15, 0.2) is 6.61 Å². The maximum atomic E-state index is 11.8. The fourth-order valence-corrected chi connectivity index (χ4v) is 1.95. The number of nitrogens with two attached hydrogens (primary N) is 1. The molecule has 2 rings (SSSR count). The van der Waals surface area contributed by atoms with Crippen molar-refractivity contribution in [2.45, 2.75) is 0 Å². The van der Waals surface area contributed by atoms with Gasteiger partial charge in [-0.3, -0.25) is 4.79 Å². The molecule has 21 heavy (non-hydrogen) atoms. The predicted octanol–water partition coefficient (Wildman–Crippen LogP) is 2.99. The Kier molecular flexibility index (Phi) is 5.14. The van der Waals surface area contributed by atoms with Gasteiger partial charge in [0.1, 0.15) is 10.7 Å². The number of carbonyl (C=O) groups excluding carboxylic acids is 1. The summed E-state index contributed by atoms with van der Waals surface area (Å²) in [6.07, 6.45) is 0. The molecule has 1 amide bonds. The summed E-state index contributed by atoms with van der Waals surface area (Å²) in [4.78, 5) is 12.1. The minimum absolute atomic E-state index is 0.133. The molecule has 0 bridgehead atoms. The highest BCUT2D eigenvalue weighted by atomic mass is 35.5. The number of carbonyl (C=O) groups is 1. The highest BCUT2D eigenvalue weighted by molar-refractivity contribution is 7.80. The van der Waals surface area contributed by atoms with E-state index in [0.717, 1.165) is 0 Å². The van der Waals surface area contributed by atoms with Crippen LogP contribution in [0.3, 0.4) is 0 Å². The van der Waals surface area contributed by atoms with Crippen LogP contribution < -0.4 is 15.8 Å². The molecular formula is C15H13ClN2O2S. The molecule has 0 saturated heterocycles. The standard InChI is InChI=1S/C15H13ClN2O2S/c16-12-6-1-2-7-13(12)18-14(19)9-20-11-5-3-4-10(8-11)15(17)21/h1-8H,9H2,(H2,17,21)(H,18,19). The van der Waals surface area contributed by atoms with Crippen LogP contribution in [0, 0.1) is 0 Å². The van der Waals surface area contributed by atoms with Crippen molar-refractivity contribution in [1.29, 1.82) is 0 Å². The Hall–Kier alpha value is -2.11. The lowest BCUT2D eigenvalue weighted by Gasteiger charge is -2.09. The number of thiocarbonyl (C=S) groups is 1. The largest absolute Gasteiger partial charge is 0.484 e. The van der Waals surface area contributed by atoms with Crippen molar-refractivity contribution in [3.8, 4) is 5.75 Å². The molecular weight excluding hydrogens is 308 g/mol. The fourth-order valence-electron chi connectivity index (χ4n) is 1.64. The lowest BCUT2D eigenvalue weighted by atomic mass is 10.2. The van der Waals surface area contributed by atoms with Crippen LogP contribution >= 0.6 is 23.8 Å². The summed E-state index contributed by atoms with van der Waals surface area (Å²) in [6, 6.07) is 13.9. The van der Waals surface area contributed by atoms with E-state index in [4.69, 9.17) is 34.3 Å². The van der Waals surface area contributed by atoms with Gasteiger partial charge < -0.3 is 15.8 Å². The average Bonchev–Trinajstić information content (AvgIpc) is 2.48. The lowest BCUT2D eigenvalue weighted by molar-refractivity contribution is -0.118. The summed E-state index contributed by atoms with van der Waals surface area (Å²) in [5, 5.41) is 3.14. The molecule has 2 aromatic rings. The molecule has 0 heterocycles. The van der Waals surface area contributed by atoms with Gasteiger partial charge in [-0.1, -0.05) is 48.1 Å². The smallest absolute Gasteiger partial charge is 0.262 e. The van der Waals surface area contributed by atoms with Gasteiger partial charge in [0.05, 0.1) is 10.7 Å². The number of amides is 1. The fraction of sp³-hybridized carbons (Fsp3) is 0.0667. The Morgan fingerprint density at radius 2 is 2.00 bits per heavy atom. The third kappa shape index (κ3) is 4.44. The lowest BCUT2D eigenvalue weighted by Crippen LogP contribution is -2.20. The van der Waals surface area contributed by atoms with Crippen molar-refractivity contribution < 1.29 is 9.53 Å². The molecule has 108 valence electrons. The van der Waals surface area contributed by atoms with Crippen molar-refractivity contribution in [2.75, 3.05) is 11.9 Å². The zero-order chi connectivity index (χ0) is 15.2. The van der Waals surface area contributed by atoms with Crippen molar-refractivity contribution in [3.63, 3.8) is 0 Å². The van der Waals surface area contributed by atoms with E-state index in [1.54, 1.807) is 48.5 Å². The van der Waals surface area contributed by atoms with Crippen LogP contribution in [0.5, 0.6) is 5.75 Å². The summed E-state index contributed by atoms with van der Waals surface area (Å²) < 4.78 is 5.40. The average molecular weight is 321 g/mol. The molecule has 0 atom stereocenters. The minimum atomic E-state index is -0.302. The zero-order valence-electron chi connectivity index (χ0n) is 11.0. The second kappa shape index (κ2) is 7.06. The van der Waals surface area contributed by atoms with E-state index in [1.807, 2.05) is 0 Å². The zero-order valence-corrected chi connectivity index (χ0v) is 12.6. The SMILES string of the molecule is NC(=S)c1cccc(OCC(=O)Nc2ccccc2Cl)c1. The van der Waals surface area contributed by atoms with Crippen LogP contribution in [0.25, 0.3) is 0 Å². The van der Waals surface area contributed by atoms with Crippen LogP contribution in [-0.4, -0.2) is 17.5 Å². The topological polar surface area (TPSA) is 64.3 Å². The molecule has 0 fully saturated rings. The summed E-state index contributed by atoms with van der Waals surface area (Å²) in [7, 11) is 0. The van der Waals surface area contributed by atoms with Crippen molar-refractivity contribution in [2.24, 2.45) is 5.73 Å². The van der Waals surface area contributed by atoms with E-state index in [9.17, 15) is 4.79 Å². The van der Waals surface area contributed by atoms with E-state index >= 15 is 0 Å². The van der Waals surface area contributed by atoms with Crippen LogP contribution in [0.15, 0.2) is 48.5 Å². The maximum Gasteiger partial charge on any atom is 0.262 e. The van der Waals surface area contributed by atoms with Gasteiger partial charge in [0, 0.05) is 5.56 Å². The summed E-state index contributed by atoms with van der Waals surface area (Å²) >= 11 is 10.8. The van der Waals surface area contributed by atoms with Gasteiger partial charge in [-0.2, -0.15) is 0 Å². The monoisotopic (exact) mass is 320 g/mol. The van der Waals surface area contributed by atoms with Gasteiger partial charge in [-0.15, -0.1) is 0 Å². The summed E-state index contributed by atoms with van der Waals surface area (Å²) in [5.74, 6) is 0.221. The normalized spacial score (nSPS) is 9.95. The molecule has 0 spiro atoms. The molecule has 4 nitrogen and oxygen atoms in total. The van der Waals surface area contributed by atoms with E-state index < -0.39 is 0 Å². The van der Waals surface area contributed by atoms with Crippen molar-refractivity contribution in [1.82, 2.24) is 0 Å². The maximum absolute atomic E-state index is 11.8. The van der Waals surface area contributed by atoms with Crippen LogP contribution in [0.1, 0.15) is 5.56 Å². The highest BCUT2D eigenvalue weighted by Gasteiger charge is 2.07. The number of halogens is 1. The Morgan fingerprint density at radius 1 is 1.24 bits per heavy atom. The summed E-state index contributed by atoms with van der Waals surface area (Å²) in [5.41, 5.74) is 6.77. The molecule has 0 aromatic heterocycles. The number of hydrogen-bond acceptors (Lipinski definition) is 3. The third-order valence-corrected chi connectivity index (χ3v) is 3.20. The van der Waals surface area contributed by atoms with Gasteiger partial charge >= 0.3 is 0 Å². The van der Waals surface area contributed by atoms with Gasteiger partial charge in [0.25, 0.3) is 5.91 Å². The van der Waals surface area contributed by atoms with E-state index in [-0.39, 0.29) is 17.5 Å². The molecule has 0 aliphatic carbocycles. The molecule has 0 radical (unpaired) electrons. The summed E-state index contributed by atoms with van der Waals surface area (Å²) in [6.45, 7) is -0.133. The van der Waals surface area contributed by atoms with Crippen molar-refractivity contribution >= 4 is 40.4 Å². The molecule has 0 unspecified atom stereocenters. The number of para-hydroxylation sites is 1. The molecule has 2 aromatic carbocycles. The second-order valence-corrected chi connectivity index (χ2v) is 5.06. The Bertz CT molecular complexity index is 676.